The van der Waals surface area contributed by atoms with Gasteiger partial charge in [-0.25, -0.2) is 0 Å². The average molecular weight is 237 g/mol. The molecule has 0 fully saturated rings. The van der Waals surface area contributed by atoms with E-state index in [-0.39, 0.29) is 5.54 Å². The molecule has 1 unspecified atom stereocenters. The van der Waals surface area contributed by atoms with Gasteiger partial charge in [0.05, 0.1) is 0 Å². The molecule has 0 amide bonds. The third-order valence-electron chi connectivity index (χ3n) is 2.30. The van der Waals surface area contributed by atoms with Gasteiger partial charge in [-0.05, 0) is 26.3 Å². The Hall–Kier alpha value is -0.470. The molecule has 0 saturated heterocycles. The molecule has 0 aromatic heterocycles. The summed E-state index contributed by atoms with van der Waals surface area (Å²) in [4.78, 5) is 0. The highest BCUT2D eigenvalue weighted by atomic mass is 32.2. The van der Waals surface area contributed by atoms with Gasteiger partial charge in [-0.3, -0.25) is 0 Å². The normalized spacial score (nSPS) is 13.8. The summed E-state index contributed by atoms with van der Waals surface area (Å²) in [6, 6.07) is 10.7. The van der Waals surface area contributed by atoms with Crippen molar-refractivity contribution in [3.05, 3.63) is 35.9 Å². The molecule has 0 bridgehead atoms. The van der Waals surface area contributed by atoms with Gasteiger partial charge in [0, 0.05) is 23.1 Å². The molecule has 1 N–H and O–H groups in total. The van der Waals surface area contributed by atoms with E-state index in [1.807, 2.05) is 11.8 Å². The summed E-state index contributed by atoms with van der Waals surface area (Å²) in [5, 5.41) is 4.19. The van der Waals surface area contributed by atoms with Crippen LogP contribution in [0.4, 0.5) is 0 Å². The number of hydrogen-bond donors (Lipinski definition) is 1. The van der Waals surface area contributed by atoms with Crippen molar-refractivity contribution in [1.29, 1.82) is 0 Å². The first kappa shape index (κ1) is 13.6. The van der Waals surface area contributed by atoms with Crippen molar-refractivity contribution in [1.82, 2.24) is 5.32 Å². The highest BCUT2D eigenvalue weighted by molar-refractivity contribution is 7.99. The second kappa shape index (κ2) is 6.31. The van der Waals surface area contributed by atoms with E-state index in [1.54, 1.807) is 0 Å². The molecule has 0 aliphatic heterocycles. The number of rotatable bonds is 5. The zero-order valence-corrected chi connectivity index (χ0v) is 11.6. The number of hydrogen-bond acceptors (Lipinski definition) is 2. The highest BCUT2D eigenvalue weighted by Crippen LogP contribution is 2.17. The number of thioether (sulfide) groups is 1. The summed E-state index contributed by atoms with van der Waals surface area (Å²) in [7, 11) is 0. The summed E-state index contributed by atoms with van der Waals surface area (Å²) >= 11 is 2.01. The third kappa shape index (κ3) is 6.19. The molecule has 1 aromatic carbocycles. The van der Waals surface area contributed by atoms with Crippen LogP contribution in [-0.2, 0) is 5.75 Å². The van der Waals surface area contributed by atoms with Crippen LogP contribution in [0.1, 0.15) is 33.3 Å². The van der Waals surface area contributed by atoms with Crippen molar-refractivity contribution >= 4 is 11.8 Å². The van der Waals surface area contributed by atoms with Crippen LogP contribution in [0.2, 0.25) is 0 Å². The van der Waals surface area contributed by atoms with Crippen LogP contribution in [-0.4, -0.2) is 17.3 Å². The minimum atomic E-state index is 0.224. The highest BCUT2D eigenvalue weighted by Gasteiger charge is 2.11. The summed E-state index contributed by atoms with van der Waals surface area (Å²) in [6.07, 6.45) is 0. The van der Waals surface area contributed by atoms with E-state index >= 15 is 0 Å². The molecule has 1 aromatic rings. The maximum atomic E-state index is 3.54. The standard InChI is InChI=1S/C14H23NS/c1-12(10-15-14(2,3)4)16-11-13-8-6-5-7-9-13/h5-9,12,15H,10-11H2,1-4H3. The molecule has 0 aliphatic rings. The Balaban J connectivity index is 2.23. The molecule has 0 spiro atoms. The van der Waals surface area contributed by atoms with E-state index in [4.69, 9.17) is 0 Å². The van der Waals surface area contributed by atoms with Crippen LogP contribution in [0.5, 0.6) is 0 Å². The molecule has 0 aliphatic carbocycles. The van der Waals surface area contributed by atoms with Gasteiger partial charge in [0.25, 0.3) is 0 Å². The molecule has 16 heavy (non-hydrogen) atoms. The predicted molar refractivity (Wildman–Crippen MR) is 75.0 cm³/mol. The van der Waals surface area contributed by atoms with Gasteiger partial charge in [0.1, 0.15) is 0 Å². The van der Waals surface area contributed by atoms with Gasteiger partial charge in [0.2, 0.25) is 0 Å². The molecular formula is C14H23NS. The van der Waals surface area contributed by atoms with Crippen molar-refractivity contribution in [2.75, 3.05) is 6.54 Å². The fourth-order valence-electron chi connectivity index (χ4n) is 1.32. The van der Waals surface area contributed by atoms with Crippen molar-refractivity contribution in [3.63, 3.8) is 0 Å². The lowest BCUT2D eigenvalue weighted by molar-refractivity contribution is 0.429. The quantitative estimate of drug-likeness (QED) is 0.838. The number of benzene rings is 1. The van der Waals surface area contributed by atoms with E-state index in [2.05, 4.69) is 63.3 Å². The lowest BCUT2D eigenvalue weighted by Gasteiger charge is -2.23. The van der Waals surface area contributed by atoms with Gasteiger partial charge < -0.3 is 5.32 Å². The van der Waals surface area contributed by atoms with Gasteiger partial charge in [-0.1, -0.05) is 37.3 Å². The second-order valence-corrected chi connectivity index (χ2v) is 6.66. The molecule has 0 radical (unpaired) electrons. The topological polar surface area (TPSA) is 12.0 Å². The van der Waals surface area contributed by atoms with E-state index < -0.39 is 0 Å². The first-order valence-electron chi connectivity index (χ1n) is 5.88. The van der Waals surface area contributed by atoms with Crippen molar-refractivity contribution in [2.45, 2.75) is 44.2 Å². The zero-order valence-electron chi connectivity index (χ0n) is 10.8. The Bertz CT molecular complexity index is 289. The molecule has 90 valence electrons. The minimum Gasteiger partial charge on any atom is -0.311 e. The summed E-state index contributed by atoms with van der Waals surface area (Å²) in [6.45, 7) is 9.98. The van der Waals surface area contributed by atoms with Crippen LogP contribution < -0.4 is 5.32 Å². The summed E-state index contributed by atoms with van der Waals surface area (Å²) in [5.41, 5.74) is 1.64. The molecule has 0 heterocycles. The maximum Gasteiger partial charge on any atom is 0.0187 e. The number of nitrogens with one attached hydrogen (secondary N) is 1. The fraction of sp³-hybridized carbons (Fsp3) is 0.571. The van der Waals surface area contributed by atoms with Gasteiger partial charge in [-0.15, -0.1) is 0 Å². The first-order valence-corrected chi connectivity index (χ1v) is 6.93. The lowest BCUT2D eigenvalue weighted by Crippen LogP contribution is -2.39. The van der Waals surface area contributed by atoms with Crippen LogP contribution in [0.3, 0.4) is 0 Å². The molecule has 1 nitrogen and oxygen atoms in total. The van der Waals surface area contributed by atoms with E-state index in [0.717, 1.165) is 12.3 Å². The molecule has 1 rings (SSSR count). The summed E-state index contributed by atoms with van der Waals surface area (Å²) < 4.78 is 0. The lowest BCUT2D eigenvalue weighted by atomic mass is 10.1. The molecule has 2 heteroatoms. The Kier molecular flexibility index (Phi) is 5.36. The van der Waals surface area contributed by atoms with Gasteiger partial charge in [-0.2, -0.15) is 11.8 Å². The Labute approximate surface area is 104 Å². The SMILES string of the molecule is CC(CNC(C)(C)C)SCc1ccccc1. The zero-order chi connectivity index (χ0) is 12.0. The van der Waals surface area contributed by atoms with E-state index in [9.17, 15) is 0 Å². The van der Waals surface area contributed by atoms with Crippen LogP contribution in [0, 0.1) is 0 Å². The van der Waals surface area contributed by atoms with Crippen molar-refractivity contribution in [3.8, 4) is 0 Å². The third-order valence-corrected chi connectivity index (χ3v) is 3.53. The van der Waals surface area contributed by atoms with E-state index in [0.29, 0.717) is 5.25 Å². The largest absolute Gasteiger partial charge is 0.311 e. The molecule has 1 atom stereocenters. The van der Waals surface area contributed by atoms with Gasteiger partial charge >= 0.3 is 0 Å². The molecule has 0 saturated carbocycles. The van der Waals surface area contributed by atoms with Gasteiger partial charge in [0.15, 0.2) is 0 Å². The molecular weight excluding hydrogens is 214 g/mol. The van der Waals surface area contributed by atoms with Crippen molar-refractivity contribution in [2.24, 2.45) is 0 Å². The maximum absolute atomic E-state index is 3.54. The summed E-state index contributed by atoms with van der Waals surface area (Å²) in [5.74, 6) is 1.10. The fourth-order valence-corrected chi connectivity index (χ4v) is 2.19. The predicted octanol–water partition coefficient (Wildman–Crippen LogP) is 3.70. The van der Waals surface area contributed by atoms with Crippen molar-refractivity contribution < 1.29 is 0 Å². The minimum absolute atomic E-state index is 0.224. The Morgan fingerprint density at radius 3 is 2.38 bits per heavy atom. The van der Waals surface area contributed by atoms with Crippen LogP contribution in [0.15, 0.2) is 30.3 Å². The smallest absolute Gasteiger partial charge is 0.0187 e. The Morgan fingerprint density at radius 1 is 1.19 bits per heavy atom. The Morgan fingerprint density at radius 2 is 1.81 bits per heavy atom. The first-order chi connectivity index (χ1) is 7.47. The second-order valence-electron chi connectivity index (χ2n) is 5.24. The van der Waals surface area contributed by atoms with Crippen LogP contribution >= 0.6 is 11.8 Å². The van der Waals surface area contributed by atoms with Crippen LogP contribution in [0.25, 0.3) is 0 Å². The average Bonchev–Trinajstić information content (AvgIpc) is 2.24. The van der Waals surface area contributed by atoms with E-state index in [1.165, 1.54) is 5.56 Å². The monoisotopic (exact) mass is 237 g/mol.